The van der Waals surface area contributed by atoms with Crippen LogP contribution in [0.5, 0.6) is 11.5 Å². The van der Waals surface area contributed by atoms with E-state index in [0.29, 0.717) is 28.5 Å². The van der Waals surface area contributed by atoms with Crippen LogP contribution < -0.4 is 15.5 Å². The molecule has 5 nitrogen and oxygen atoms in total. The number of nitrogens with one attached hydrogen (secondary N) is 2. The van der Waals surface area contributed by atoms with Gasteiger partial charge in [0.2, 0.25) is 0 Å². The van der Waals surface area contributed by atoms with Crippen molar-refractivity contribution in [2.45, 2.75) is 13.5 Å². The van der Waals surface area contributed by atoms with Gasteiger partial charge in [-0.15, -0.1) is 0 Å². The minimum atomic E-state index is 0.0713. The summed E-state index contributed by atoms with van der Waals surface area (Å²) in [6, 6.07) is 13.4. The summed E-state index contributed by atoms with van der Waals surface area (Å²) in [5.41, 5.74) is 4.66. The maximum absolute atomic E-state index is 9.88. The molecule has 7 heteroatoms. The van der Waals surface area contributed by atoms with E-state index in [9.17, 15) is 5.11 Å². The van der Waals surface area contributed by atoms with E-state index < -0.39 is 0 Å². The number of halogens is 1. The fourth-order valence-corrected chi connectivity index (χ4v) is 2.50. The van der Waals surface area contributed by atoms with Crippen molar-refractivity contribution in [1.29, 1.82) is 0 Å². The molecule has 0 saturated heterocycles. The largest absolute Gasteiger partial charge is 0.503 e. The van der Waals surface area contributed by atoms with Crippen molar-refractivity contribution in [3.63, 3.8) is 0 Å². The molecule has 0 heterocycles. The Balaban J connectivity index is 1.90. The maximum Gasteiger partial charge on any atom is 0.187 e. The molecule has 2 rings (SSSR count). The molecule has 0 radical (unpaired) electrons. The van der Waals surface area contributed by atoms with Crippen LogP contribution in [0.4, 0.5) is 0 Å². The van der Waals surface area contributed by atoms with Crippen LogP contribution in [0.1, 0.15) is 18.1 Å². The first kappa shape index (κ1) is 18.2. The van der Waals surface area contributed by atoms with Gasteiger partial charge in [0.1, 0.15) is 0 Å². The lowest BCUT2D eigenvalue weighted by molar-refractivity contribution is 0.317. The second kappa shape index (κ2) is 9.24. The number of ether oxygens (including phenoxy) is 1. The van der Waals surface area contributed by atoms with Crippen LogP contribution in [0.2, 0.25) is 0 Å². The van der Waals surface area contributed by atoms with Crippen LogP contribution >= 0.6 is 28.1 Å². The van der Waals surface area contributed by atoms with Gasteiger partial charge in [-0.05, 0) is 58.3 Å². The topological polar surface area (TPSA) is 65.9 Å². The highest BCUT2D eigenvalue weighted by Crippen LogP contribution is 2.34. The minimum absolute atomic E-state index is 0.0713. The van der Waals surface area contributed by atoms with Gasteiger partial charge in [-0.25, -0.2) is 0 Å². The summed E-state index contributed by atoms with van der Waals surface area (Å²) in [5.74, 6) is 0.472. The normalized spacial score (nSPS) is 10.6. The number of hydrazone groups is 1. The van der Waals surface area contributed by atoms with Crippen molar-refractivity contribution in [1.82, 2.24) is 10.7 Å². The van der Waals surface area contributed by atoms with E-state index in [1.165, 1.54) is 0 Å². The van der Waals surface area contributed by atoms with Crippen molar-refractivity contribution < 1.29 is 9.84 Å². The Morgan fingerprint density at radius 3 is 2.79 bits per heavy atom. The third-order valence-electron chi connectivity index (χ3n) is 3.03. The summed E-state index contributed by atoms with van der Waals surface area (Å²) in [6.07, 6.45) is 1.60. The van der Waals surface area contributed by atoms with Gasteiger partial charge in [0.05, 0.1) is 17.3 Å². The van der Waals surface area contributed by atoms with Crippen LogP contribution in [-0.4, -0.2) is 23.0 Å². The van der Waals surface area contributed by atoms with Gasteiger partial charge in [0.15, 0.2) is 16.6 Å². The molecule has 0 atom stereocenters. The van der Waals surface area contributed by atoms with E-state index >= 15 is 0 Å². The van der Waals surface area contributed by atoms with Gasteiger partial charge in [0, 0.05) is 6.54 Å². The highest BCUT2D eigenvalue weighted by Gasteiger charge is 2.08. The van der Waals surface area contributed by atoms with Gasteiger partial charge in [-0.3, -0.25) is 5.43 Å². The number of phenols is 1. The fourth-order valence-electron chi connectivity index (χ4n) is 1.92. The van der Waals surface area contributed by atoms with Crippen molar-refractivity contribution >= 4 is 39.5 Å². The summed E-state index contributed by atoms with van der Waals surface area (Å²) >= 11 is 8.46. The predicted molar refractivity (Wildman–Crippen MR) is 104 cm³/mol. The zero-order chi connectivity index (χ0) is 17.4. The van der Waals surface area contributed by atoms with Crippen LogP contribution in [0.25, 0.3) is 0 Å². The molecule has 0 aliphatic heterocycles. The average Bonchev–Trinajstić information content (AvgIpc) is 2.58. The zero-order valence-electron chi connectivity index (χ0n) is 13.1. The van der Waals surface area contributed by atoms with Gasteiger partial charge in [-0.2, -0.15) is 5.10 Å². The Bertz CT molecular complexity index is 723. The summed E-state index contributed by atoms with van der Waals surface area (Å²) in [7, 11) is 0. The highest BCUT2D eigenvalue weighted by molar-refractivity contribution is 9.10. The van der Waals surface area contributed by atoms with Crippen LogP contribution in [0.3, 0.4) is 0 Å². The first-order chi connectivity index (χ1) is 11.6. The maximum atomic E-state index is 9.88. The van der Waals surface area contributed by atoms with E-state index in [2.05, 4.69) is 31.8 Å². The van der Waals surface area contributed by atoms with Crippen molar-refractivity contribution in [2.75, 3.05) is 6.61 Å². The van der Waals surface area contributed by atoms with Crippen LogP contribution in [-0.2, 0) is 6.54 Å². The van der Waals surface area contributed by atoms with Crippen molar-refractivity contribution in [3.8, 4) is 11.5 Å². The number of benzene rings is 2. The molecule has 0 spiro atoms. The molecule has 0 aliphatic carbocycles. The number of thiocarbonyl (C=S) groups is 1. The minimum Gasteiger partial charge on any atom is -0.503 e. The molecule has 0 unspecified atom stereocenters. The molecule has 0 aliphatic rings. The van der Waals surface area contributed by atoms with Crippen LogP contribution in [0, 0.1) is 0 Å². The second-order valence-electron chi connectivity index (χ2n) is 4.82. The fraction of sp³-hybridized carbons (Fsp3) is 0.176. The number of aromatic hydroxyl groups is 1. The number of nitrogens with zero attached hydrogens (tertiary/aromatic N) is 1. The molecule has 2 aromatic rings. The van der Waals surface area contributed by atoms with E-state index in [1.807, 2.05) is 37.3 Å². The summed E-state index contributed by atoms with van der Waals surface area (Å²) < 4.78 is 5.91. The summed E-state index contributed by atoms with van der Waals surface area (Å²) in [5, 5.41) is 17.5. The Morgan fingerprint density at radius 2 is 2.08 bits per heavy atom. The van der Waals surface area contributed by atoms with Gasteiger partial charge >= 0.3 is 0 Å². The van der Waals surface area contributed by atoms with E-state index in [4.69, 9.17) is 17.0 Å². The lowest BCUT2D eigenvalue weighted by atomic mass is 10.2. The first-order valence-electron chi connectivity index (χ1n) is 7.36. The number of hydrogen-bond donors (Lipinski definition) is 3. The predicted octanol–water partition coefficient (Wildman–Crippen LogP) is 3.55. The second-order valence-corrected chi connectivity index (χ2v) is 6.08. The molecular weight excluding hydrogens is 390 g/mol. The van der Waals surface area contributed by atoms with Gasteiger partial charge in [-0.1, -0.05) is 30.3 Å². The third-order valence-corrected chi connectivity index (χ3v) is 3.87. The molecule has 0 aromatic heterocycles. The van der Waals surface area contributed by atoms with E-state index in [0.717, 1.165) is 11.1 Å². The molecular formula is C17H18BrN3O2S. The number of phenolic OH excluding ortho intramolecular Hbond substituents is 1. The quantitative estimate of drug-likeness (QED) is 0.388. The van der Waals surface area contributed by atoms with Crippen molar-refractivity contribution in [3.05, 3.63) is 58.1 Å². The SMILES string of the molecule is CCOc1cc(/C=N\NC(=S)NCc2ccccc2)cc(Br)c1O. The zero-order valence-corrected chi connectivity index (χ0v) is 15.5. The molecule has 0 bridgehead atoms. The number of rotatable bonds is 6. The monoisotopic (exact) mass is 407 g/mol. The Morgan fingerprint density at radius 1 is 1.33 bits per heavy atom. The molecule has 126 valence electrons. The molecule has 0 fully saturated rings. The van der Waals surface area contributed by atoms with E-state index in [1.54, 1.807) is 18.3 Å². The Labute approximate surface area is 154 Å². The van der Waals surface area contributed by atoms with Gasteiger partial charge < -0.3 is 15.2 Å². The molecule has 0 saturated carbocycles. The van der Waals surface area contributed by atoms with Crippen LogP contribution in [0.15, 0.2) is 52.0 Å². The summed E-state index contributed by atoms with van der Waals surface area (Å²) in [6.45, 7) is 2.94. The number of hydrogen-bond acceptors (Lipinski definition) is 4. The third kappa shape index (κ3) is 5.50. The highest BCUT2D eigenvalue weighted by atomic mass is 79.9. The smallest absolute Gasteiger partial charge is 0.187 e. The molecule has 24 heavy (non-hydrogen) atoms. The Hall–Kier alpha value is -2.12. The molecule has 3 N–H and O–H groups in total. The van der Waals surface area contributed by atoms with Gasteiger partial charge in [0.25, 0.3) is 0 Å². The lowest BCUT2D eigenvalue weighted by Crippen LogP contribution is -2.31. The van der Waals surface area contributed by atoms with E-state index in [-0.39, 0.29) is 5.75 Å². The van der Waals surface area contributed by atoms with Crippen molar-refractivity contribution in [2.24, 2.45) is 5.10 Å². The lowest BCUT2D eigenvalue weighted by Gasteiger charge is -2.09. The first-order valence-corrected chi connectivity index (χ1v) is 8.56. The Kier molecular flexibility index (Phi) is 7.02. The molecule has 2 aromatic carbocycles. The average molecular weight is 408 g/mol. The standard InChI is InChI=1S/C17H18BrN3O2S/c1-2-23-15-9-13(8-14(18)16(15)22)11-20-21-17(24)19-10-12-6-4-3-5-7-12/h3-9,11,22H,2,10H2,1H3,(H2,19,21,24)/b20-11-. The molecule has 0 amide bonds. The summed E-state index contributed by atoms with van der Waals surface area (Å²) in [4.78, 5) is 0.